The van der Waals surface area contributed by atoms with E-state index in [-0.39, 0.29) is 18.6 Å². The van der Waals surface area contributed by atoms with Crippen molar-refractivity contribution in [3.8, 4) is 0 Å². The van der Waals surface area contributed by atoms with Crippen molar-refractivity contribution in [1.29, 1.82) is 0 Å². The van der Waals surface area contributed by atoms with Crippen LogP contribution in [-0.2, 0) is 0 Å². The van der Waals surface area contributed by atoms with Gasteiger partial charge < -0.3 is 15.5 Å². The zero-order valence-electron chi connectivity index (χ0n) is 9.30. The van der Waals surface area contributed by atoms with Crippen LogP contribution in [0.5, 0.6) is 0 Å². The molecular formula is C11H17N3O2. The van der Waals surface area contributed by atoms with Gasteiger partial charge in [-0.2, -0.15) is 0 Å². The summed E-state index contributed by atoms with van der Waals surface area (Å²) < 4.78 is 0. The Hall–Kier alpha value is -1.20. The zero-order valence-corrected chi connectivity index (χ0v) is 9.30. The van der Waals surface area contributed by atoms with Crippen molar-refractivity contribution in [2.45, 2.75) is 31.9 Å². The minimum Gasteiger partial charge on any atom is -0.396 e. The molecule has 0 amide bonds. The second-order valence-corrected chi connectivity index (χ2v) is 4.37. The topological polar surface area (TPSA) is 78.3 Å². The second-order valence-electron chi connectivity index (χ2n) is 4.37. The summed E-state index contributed by atoms with van der Waals surface area (Å²) in [7, 11) is 0. The van der Waals surface area contributed by atoms with Gasteiger partial charge in [0, 0.05) is 30.3 Å². The summed E-state index contributed by atoms with van der Waals surface area (Å²) in [5, 5.41) is 22.0. The van der Waals surface area contributed by atoms with E-state index >= 15 is 0 Å². The van der Waals surface area contributed by atoms with Gasteiger partial charge in [0.05, 0.1) is 6.10 Å². The quantitative estimate of drug-likeness (QED) is 0.688. The molecule has 1 aromatic heterocycles. The molecule has 3 atom stereocenters. The summed E-state index contributed by atoms with van der Waals surface area (Å²) in [4.78, 5) is 8.13. The van der Waals surface area contributed by atoms with Crippen molar-refractivity contribution in [3.63, 3.8) is 0 Å². The first kappa shape index (κ1) is 11.3. The van der Waals surface area contributed by atoms with Crippen molar-refractivity contribution >= 4 is 5.82 Å². The highest BCUT2D eigenvalue weighted by molar-refractivity contribution is 5.36. The third kappa shape index (κ3) is 2.48. The standard InChI is InChI=1S/C11H17N3O2/c1-7-2-11(13-6-12-7)14-9-3-8(5-15)10(16)4-9/h2,6,8-10,15-16H,3-5H2,1H3,(H,12,13,14)/t8-,9-,10+/m1/s1. The lowest BCUT2D eigenvalue weighted by Gasteiger charge is -2.12. The highest BCUT2D eigenvalue weighted by atomic mass is 16.3. The van der Waals surface area contributed by atoms with E-state index < -0.39 is 6.10 Å². The molecule has 1 heterocycles. The molecular weight excluding hydrogens is 206 g/mol. The molecule has 3 N–H and O–H groups in total. The Morgan fingerprint density at radius 3 is 2.88 bits per heavy atom. The maximum Gasteiger partial charge on any atom is 0.129 e. The molecule has 5 nitrogen and oxygen atoms in total. The van der Waals surface area contributed by atoms with Crippen molar-refractivity contribution in [2.24, 2.45) is 5.92 Å². The van der Waals surface area contributed by atoms with Crippen LogP contribution in [0.3, 0.4) is 0 Å². The minimum atomic E-state index is -0.412. The van der Waals surface area contributed by atoms with Crippen LogP contribution < -0.4 is 5.32 Å². The number of rotatable bonds is 3. The van der Waals surface area contributed by atoms with Crippen LogP contribution >= 0.6 is 0 Å². The number of aromatic nitrogens is 2. The molecule has 0 aromatic carbocycles. The molecule has 88 valence electrons. The lowest BCUT2D eigenvalue weighted by molar-refractivity contribution is 0.0908. The van der Waals surface area contributed by atoms with Gasteiger partial charge in [-0.1, -0.05) is 0 Å². The van der Waals surface area contributed by atoms with Gasteiger partial charge in [-0.05, 0) is 19.8 Å². The molecule has 0 spiro atoms. The van der Waals surface area contributed by atoms with Gasteiger partial charge >= 0.3 is 0 Å². The lowest BCUT2D eigenvalue weighted by atomic mass is 10.1. The largest absolute Gasteiger partial charge is 0.396 e. The molecule has 16 heavy (non-hydrogen) atoms. The zero-order chi connectivity index (χ0) is 11.5. The molecule has 0 radical (unpaired) electrons. The molecule has 0 saturated heterocycles. The van der Waals surface area contributed by atoms with Crippen LogP contribution in [-0.4, -0.2) is 38.9 Å². The number of hydrogen-bond donors (Lipinski definition) is 3. The van der Waals surface area contributed by atoms with Crippen LogP contribution in [0.4, 0.5) is 5.82 Å². The molecule has 1 aromatic rings. The van der Waals surface area contributed by atoms with Crippen LogP contribution in [0.2, 0.25) is 0 Å². The van der Waals surface area contributed by atoms with E-state index in [0.717, 1.165) is 17.9 Å². The average Bonchev–Trinajstić information content (AvgIpc) is 2.58. The van der Waals surface area contributed by atoms with E-state index in [4.69, 9.17) is 5.11 Å². The van der Waals surface area contributed by atoms with Crippen LogP contribution in [0.1, 0.15) is 18.5 Å². The smallest absolute Gasteiger partial charge is 0.129 e. The van der Waals surface area contributed by atoms with Gasteiger partial charge in [0.15, 0.2) is 0 Å². The fourth-order valence-corrected chi connectivity index (χ4v) is 2.16. The Kier molecular flexibility index (Phi) is 3.36. The summed E-state index contributed by atoms with van der Waals surface area (Å²) in [6.45, 7) is 1.95. The Morgan fingerprint density at radius 2 is 2.25 bits per heavy atom. The molecule has 1 aliphatic rings. The molecule has 1 saturated carbocycles. The number of nitrogens with one attached hydrogen (secondary N) is 1. The predicted molar refractivity (Wildman–Crippen MR) is 60.0 cm³/mol. The highest BCUT2D eigenvalue weighted by Gasteiger charge is 2.32. The maximum absolute atomic E-state index is 9.66. The third-order valence-corrected chi connectivity index (χ3v) is 3.05. The summed E-state index contributed by atoms with van der Waals surface area (Å²) in [6.07, 6.45) is 2.55. The average molecular weight is 223 g/mol. The van der Waals surface area contributed by atoms with Gasteiger partial charge in [-0.3, -0.25) is 0 Å². The van der Waals surface area contributed by atoms with E-state index in [0.29, 0.717) is 6.42 Å². The fourth-order valence-electron chi connectivity index (χ4n) is 2.16. The van der Waals surface area contributed by atoms with Crippen LogP contribution in [0, 0.1) is 12.8 Å². The Balaban J connectivity index is 1.96. The minimum absolute atomic E-state index is 0.0135. The molecule has 1 aliphatic carbocycles. The monoisotopic (exact) mass is 223 g/mol. The van der Waals surface area contributed by atoms with Gasteiger partial charge in [-0.25, -0.2) is 9.97 Å². The van der Waals surface area contributed by atoms with Crippen molar-refractivity contribution in [2.75, 3.05) is 11.9 Å². The van der Waals surface area contributed by atoms with Gasteiger partial charge in [0.1, 0.15) is 12.1 Å². The van der Waals surface area contributed by atoms with Gasteiger partial charge in [-0.15, -0.1) is 0 Å². The molecule has 2 rings (SSSR count). The Morgan fingerprint density at radius 1 is 1.44 bits per heavy atom. The van der Waals surface area contributed by atoms with E-state index in [1.165, 1.54) is 6.33 Å². The molecule has 0 bridgehead atoms. The maximum atomic E-state index is 9.66. The molecule has 0 unspecified atom stereocenters. The SMILES string of the molecule is Cc1cc(N[C@@H]2C[C@H](CO)[C@@H](O)C2)ncn1. The van der Waals surface area contributed by atoms with E-state index in [2.05, 4.69) is 15.3 Å². The van der Waals surface area contributed by atoms with Crippen molar-refractivity contribution < 1.29 is 10.2 Å². The number of aliphatic hydroxyl groups is 2. The summed E-state index contributed by atoms with van der Waals surface area (Å²) in [5.41, 5.74) is 0.912. The number of nitrogens with zero attached hydrogens (tertiary/aromatic N) is 2. The number of aryl methyl sites for hydroxylation is 1. The molecule has 1 fully saturated rings. The van der Waals surface area contributed by atoms with E-state index in [1.54, 1.807) is 0 Å². The molecule has 0 aliphatic heterocycles. The van der Waals surface area contributed by atoms with Crippen molar-refractivity contribution in [1.82, 2.24) is 9.97 Å². The summed E-state index contributed by atoms with van der Waals surface area (Å²) in [5.74, 6) is 0.767. The molecule has 5 heteroatoms. The number of anilines is 1. The first-order chi connectivity index (χ1) is 7.69. The van der Waals surface area contributed by atoms with Gasteiger partial charge in [0.2, 0.25) is 0 Å². The predicted octanol–water partition coefficient (Wildman–Crippen LogP) is 0.329. The van der Waals surface area contributed by atoms with Crippen LogP contribution in [0.15, 0.2) is 12.4 Å². The third-order valence-electron chi connectivity index (χ3n) is 3.05. The normalized spacial score (nSPS) is 29.3. The Labute approximate surface area is 94.6 Å². The number of hydrogen-bond acceptors (Lipinski definition) is 5. The summed E-state index contributed by atoms with van der Waals surface area (Å²) >= 11 is 0. The lowest BCUT2D eigenvalue weighted by Crippen LogP contribution is -2.17. The number of aliphatic hydroxyl groups excluding tert-OH is 2. The highest BCUT2D eigenvalue weighted by Crippen LogP contribution is 2.27. The van der Waals surface area contributed by atoms with Crippen molar-refractivity contribution in [3.05, 3.63) is 18.1 Å². The Bertz CT molecular complexity index is 359. The van der Waals surface area contributed by atoms with Gasteiger partial charge in [0.25, 0.3) is 0 Å². The first-order valence-corrected chi connectivity index (χ1v) is 5.53. The second kappa shape index (κ2) is 4.76. The van der Waals surface area contributed by atoms with E-state index in [1.807, 2.05) is 13.0 Å². The summed E-state index contributed by atoms with van der Waals surface area (Å²) in [6, 6.07) is 2.06. The van der Waals surface area contributed by atoms with Crippen LogP contribution in [0.25, 0.3) is 0 Å². The first-order valence-electron chi connectivity index (χ1n) is 5.53. The fraction of sp³-hybridized carbons (Fsp3) is 0.636. The van der Waals surface area contributed by atoms with E-state index in [9.17, 15) is 5.11 Å².